The second-order valence-corrected chi connectivity index (χ2v) is 7.81. The Morgan fingerprint density at radius 1 is 1.21 bits per heavy atom. The number of aryl methyl sites for hydroxylation is 1. The van der Waals surface area contributed by atoms with E-state index < -0.39 is 23.4 Å². The van der Waals surface area contributed by atoms with E-state index in [-0.39, 0.29) is 18.0 Å². The van der Waals surface area contributed by atoms with Gasteiger partial charge in [-0.2, -0.15) is 13.2 Å². The van der Waals surface area contributed by atoms with Crippen LogP contribution in [0.15, 0.2) is 36.7 Å². The predicted molar refractivity (Wildman–Crippen MR) is 98.3 cm³/mol. The monoisotopic (exact) mass is 397 g/mol. The molecular weight excluding hydrogens is 371 g/mol. The van der Waals surface area contributed by atoms with E-state index in [9.17, 15) is 23.4 Å². The number of aliphatic hydroxyl groups excluding tert-OH is 1. The van der Waals surface area contributed by atoms with Gasteiger partial charge in [0.25, 0.3) is 0 Å². The maximum Gasteiger partial charge on any atom is 0.416 e. The normalized spacial score (nSPS) is 20.1. The third-order valence-corrected chi connectivity index (χ3v) is 5.55. The van der Waals surface area contributed by atoms with E-state index in [1.54, 1.807) is 17.0 Å². The molecule has 154 valence electrons. The van der Waals surface area contributed by atoms with Gasteiger partial charge in [0.2, 0.25) is 0 Å². The van der Waals surface area contributed by atoms with Gasteiger partial charge in [0.1, 0.15) is 11.9 Å². The van der Waals surface area contributed by atoms with E-state index >= 15 is 0 Å². The minimum absolute atomic E-state index is 0.0656. The third-order valence-electron chi connectivity index (χ3n) is 5.55. The second-order valence-electron chi connectivity index (χ2n) is 7.81. The number of aliphatic hydroxyl groups is 2. The number of halogens is 3. The van der Waals surface area contributed by atoms with Gasteiger partial charge >= 0.3 is 6.18 Å². The molecule has 28 heavy (non-hydrogen) atoms. The molecule has 0 amide bonds. The predicted octanol–water partition coefficient (Wildman–Crippen LogP) is 3.09. The van der Waals surface area contributed by atoms with Crippen LogP contribution in [0.4, 0.5) is 13.2 Å². The van der Waals surface area contributed by atoms with Crippen molar-refractivity contribution < 1.29 is 23.4 Å². The molecule has 1 aromatic heterocycles. The zero-order valence-electron chi connectivity index (χ0n) is 16.0. The Balaban J connectivity index is 1.61. The Hall–Kier alpha value is -1.90. The van der Waals surface area contributed by atoms with Crippen LogP contribution in [0.25, 0.3) is 0 Å². The van der Waals surface area contributed by atoms with Gasteiger partial charge < -0.3 is 19.7 Å². The highest BCUT2D eigenvalue weighted by atomic mass is 19.4. The molecule has 1 aliphatic rings. The number of aromatic nitrogens is 2. The first-order valence-electron chi connectivity index (χ1n) is 9.36. The van der Waals surface area contributed by atoms with Gasteiger partial charge in [0, 0.05) is 26.0 Å². The van der Waals surface area contributed by atoms with Crippen LogP contribution in [-0.2, 0) is 18.8 Å². The first-order chi connectivity index (χ1) is 13.1. The van der Waals surface area contributed by atoms with Crippen LogP contribution >= 0.6 is 0 Å². The quantitative estimate of drug-likeness (QED) is 0.814. The summed E-state index contributed by atoms with van der Waals surface area (Å²) in [5.41, 5.74) is -1.91. The van der Waals surface area contributed by atoms with Gasteiger partial charge in [-0.1, -0.05) is 12.1 Å². The molecule has 3 rings (SSSR count). The molecule has 2 atom stereocenters. The number of β-amino-alcohol motifs (C(OH)–C–C–N with tert-alkyl or cyclic N) is 1. The van der Waals surface area contributed by atoms with E-state index in [0.717, 1.165) is 25.0 Å². The van der Waals surface area contributed by atoms with Gasteiger partial charge in [0.15, 0.2) is 0 Å². The molecule has 2 heterocycles. The van der Waals surface area contributed by atoms with Crippen molar-refractivity contribution in [2.45, 2.75) is 37.6 Å². The lowest BCUT2D eigenvalue weighted by Crippen LogP contribution is -2.44. The Bertz CT molecular complexity index is 796. The summed E-state index contributed by atoms with van der Waals surface area (Å²) in [5, 5.41) is 21.4. The molecule has 1 aromatic carbocycles. The summed E-state index contributed by atoms with van der Waals surface area (Å²) < 4.78 is 40.7. The summed E-state index contributed by atoms with van der Waals surface area (Å²) in [7, 11) is 1.84. The van der Waals surface area contributed by atoms with Crippen LogP contribution < -0.4 is 0 Å². The van der Waals surface area contributed by atoms with Gasteiger partial charge in [0.05, 0.1) is 11.2 Å². The minimum Gasteiger partial charge on any atom is -0.385 e. The zero-order valence-corrected chi connectivity index (χ0v) is 16.0. The van der Waals surface area contributed by atoms with Gasteiger partial charge in [-0.15, -0.1) is 0 Å². The topological polar surface area (TPSA) is 61.5 Å². The number of nitrogens with zero attached hydrogens (tertiary/aromatic N) is 3. The molecular formula is C20H26F3N3O2. The van der Waals surface area contributed by atoms with Gasteiger partial charge in [-0.05, 0) is 56.5 Å². The van der Waals surface area contributed by atoms with Crippen LogP contribution in [0.1, 0.15) is 42.8 Å². The average molecular weight is 397 g/mol. The minimum atomic E-state index is -4.44. The fourth-order valence-corrected chi connectivity index (χ4v) is 3.86. The molecule has 0 aliphatic carbocycles. The Morgan fingerprint density at radius 3 is 2.43 bits per heavy atom. The smallest absolute Gasteiger partial charge is 0.385 e. The number of hydrogen-bond acceptors (Lipinski definition) is 4. The third kappa shape index (κ3) is 4.56. The number of rotatable bonds is 5. The maximum atomic E-state index is 13.0. The molecule has 8 heteroatoms. The van der Waals surface area contributed by atoms with Crippen LogP contribution in [0, 0.1) is 5.92 Å². The maximum absolute atomic E-state index is 13.0. The van der Waals surface area contributed by atoms with Crippen molar-refractivity contribution in [3.05, 3.63) is 53.6 Å². The fraction of sp³-hybridized carbons (Fsp3) is 0.550. The van der Waals surface area contributed by atoms with E-state index in [1.807, 2.05) is 11.9 Å². The van der Waals surface area contributed by atoms with E-state index in [4.69, 9.17) is 0 Å². The summed E-state index contributed by atoms with van der Waals surface area (Å²) in [4.78, 5) is 6.23. The van der Waals surface area contributed by atoms with Crippen molar-refractivity contribution in [1.29, 1.82) is 0 Å². The molecule has 5 nitrogen and oxygen atoms in total. The Morgan fingerprint density at radius 2 is 1.86 bits per heavy atom. The first-order valence-corrected chi connectivity index (χ1v) is 9.36. The lowest BCUT2D eigenvalue weighted by molar-refractivity contribution is -0.137. The Kier molecular flexibility index (Phi) is 5.84. The summed E-state index contributed by atoms with van der Waals surface area (Å²) in [5.74, 6) is 0.699. The SMILES string of the molecule is Cn1ccnc1C(O)C1CCN(CC(C)(O)c2cccc(C(F)(F)F)c2)CC1. The molecule has 0 bridgehead atoms. The summed E-state index contributed by atoms with van der Waals surface area (Å²) in [6.07, 6.45) is -0.184. The standard InChI is InChI=1S/C20H26F3N3O2/c1-19(28,15-4-3-5-16(12-15)20(21,22)23)13-26-9-6-14(7-10-26)17(27)18-24-8-11-25(18)2/h3-5,8,11-12,14,17,27-28H,6-7,9-10,13H2,1-2H3. The molecule has 2 aromatic rings. The largest absolute Gasteiger partial charge is 0.416 e. The van der Waals surface area contributed by atoms with Crippen molar-refractivity contribution in [2.24, 2.45) is 13.0 Å². The summed E-state index contributed by atoms with van der Waals surface area (Å²) in [6, 6.07) is 4.86. The Labute approximate surface area is 162 Å². The van der Waals surface area contributed by atoms with Crippen LogP contribution in [0.2, 0.25) is 0 Å². The average Bonchev–Trinajstić information content (AvgIpc) is 3.07. The van der Waals surface area contributed by atoms with Crippen LogP contribution in [-0.4, -0.2) is 44.3 Å². The molecule has 0 spiro atoms. The molecule has 1 saturated heterocycles. The molecule has 1 fully saturated rings. The number of likely N-dealkylation sites (tertiary alicyclic amines) is 1. The lowest BCUT2D eigenvalue weighted by atomic mass is 9.88. The highest BCUT2D eigenvalue weighted by Gasteiger charge is 2.35. The highest BCUT2D eigenvalue weighted by molar-refractivity contribution is 5.29. The highest BCUT2D eigenvalue weighted by Crippen LogP contribution is 2.34. The molecule has 2 N–H and O–H groups in total. The van der Waals surface area contributed by atoms with Crippen LogP contribution in [0.3, 0.4) is 0 Å². The lowest BCUT2D eigenvalue weighted by Gasteiger charge is -2.38. The number of alkyl halides is 3. The van der Waals surface area contributed by atoms with Crippen molar-refractivity contribution in [3.63, 3.8) is 0 Å². The number of imidazole rings is 1. The molecule has 0 radical (unpaired) electrons. The van der Waals surface area contributed by atoms with Gasteiger partial charge in [-0.25, -0.2) is 4.98 Å². The van der Waals surface area contributed by atoms with Crippen molar-refractivity contribution in [2.75, 3.05) is 19.6 Å². The molecule has 2 unspecified atom stereocenters. The zero-order chi connectivity index (χ0) is 20.5. The first kappa shape index (κ1) is 20.8. The molecule has 0 saturated carbocycles. The summed E-state index contributed by atoms with van der Waals surface area (Å²) >= 11 is 0. The van der Waals surface area contributed by atoms with Crippen molar-refractivity contribution in [3.8, 4) is 0 Å². The number of benzene rings is 1. The second kappa shape index (κ2) is 7.85. The number of hydrogen-bond donors (Lipinski definition) is 2. The van der Waals surface area contributed by atoms with Crippen LogP contribution in [0.5, 0.6) is 0 Å². The van der Waals surface area contributed by atoms with E-state index in [0.29, 0.717) is 18.9 Å². The molecule has 1 aliphatic heterocycles. The van der Waals surface area contributed by atoms with E-state index in [2.05, 4.69) is 4.98 Å². The van der Waals surface area contributed by atoms with Crippen molar-refractivity contribution in [1.82, 2.24) is 14.5 Å². The van der Waals surface area contributed by atoms with Crippen molar-refractivity contribution >= 4 is 0 Å². The number of piperidine rings is 1. The summed E-state index contributed by atoms with van der Waals surface area (Å²) in [6.45, 7) is 3.08. The van der Waals surface area contributed by atoms with Gasteiger partial charge in [-0.3, -0.25) is 0 Å². The van der Waals surface area contributed by atoms with E-state index in [1.165, 1.54) is 19.1 Å². The fourth-order valence-electron chi connectivity index (χ4n) is 3.86.